The van der Waals surface area contributed by atoms with Gasteiger partial charge in [-0.15, -0.1) is 11.3 Å². The molecule has 1 aliphatic rings. The number of para-hydroxylation sites is 1. The van der Waals surface area contributed by atoms with Gasteiger partial charge in [0.25, 0.3) is 0 Å². The number of amides is 1. The Morgan fingerprint density at radius 1 is 1.19 bits per heavy atom. The van der Waals surface area contributed by atoms with Crippen molar-refractivity contribution in [3.63, 3.8) is 0 Å². The van der Waals surface area contributed by atoms with Crippen molar-refractivity contribution in [3.05, 3.63) is 59.1 Å². The van der Waals surface area contributed by atoms with Crippen molar-refractivity contribution in [2.75, 3.05) is 18.5 Å². The number of rotatable bonds is 7. The molecule has 1 aromatic heterocycles. The fourth-order valence-electron chi connectivity index (χ4n) is 3.60. The van der Waals surface area contributed by atoms with Crippen molar-refractivity contribution < 1.29 is 9.53 Å². The first-order chi connectivity index (χ1) is 15.2. The molecule has 8 heteroatoms. The molecule has 0 saturated carbocycles. The van der Waals surface area contributed by atoms with E-state index in [-0.39, 0.29) is 5.84 Å². The summed E-state index contributed by atoms with van der Waals surface area (Å²) in [5.74, 6) is 0.0264. The van der Waals surface area contributed by atoms with Gasteiger partial charge in [-0.3, -0.25) is 10.7 Å². The Balaban J connectivity index is 1.21. The maximum atomic E-state index is 12.0. The zero-order chi connectivity index (χ0) is 21.5. The largest absolute Gasteiger partial charge is 0.449 e. The predicted molar refractivity (Wildman–Crippen MR) is 125 cm³/mol. The summed E-state index contributed by atoms with van der Waals surface area (Å²) in [5, 5.41) is 18.4. The molecule has 4 rings (SSSR count). The zero-order valence-corrected chi connectivity index (χ0v) is 18.1. The molecule has 1 aliphatic heterocycles. The van der Waals surface area contributed by atoms with Crippen LogP contribution in [0.5, 0.6) is 0 Å². The van der Waals surface area contributed by atoms with E-state index >= 15 is 0 Å². The fourth-order valence-corrected chi connectivity index (χ4v) is 4.51. The van der Waals surface area contributed by atoms with Crippen molar-refractivity contribution in [2.45, 2.75) is 38.3 Å². The first kappa shape index (κ1) is 21.3. The summed E-state index contributed by atoms with van der Waals surface area (Å²) in [6, 6.07) is 15.9. The van der Waals surface area contributed by atoms with Gasteiger partial charge in [0, 0.05) is 17.3 Å². The molecule has 31 heavy (non-hydrogen) atoms. The Morgan fingerprint density at radius 3 is 2.81 bits per heavy atom. The van der Waals surface area contributed by atoms with Crippen LogP contribution in [0.1, 0.15) is 36.3 Å². The Bertz CT molecular complexity index is 995. The minimum Gasteiger partial charge on any atom is -0.449 e. The standard InChI is InChI=1S/C23H27N5O2S/c24-22(28-23(29)30-14-12-17-5-3-4-13-25-17)16-8-10-18(11-9-16)26-15-21-27-19-6-1-2-7-20(19)31-21/h1-2,6-11,17,25-26H,3-5,12-15H2,(H2,24,28,29). The molecule has 1 fully saturated rings. The van der Waals surface area contributed by atoms with Gasteiger partial charge >= 0.3 is 6.09 Å². The molecule has 162 valence electrons. The maximum absolute atomic E-state index is 12.0. The number of carbonyl (C=O) groups is 1. The van der Waals surface area contributed by atoms with E-state index < -0.39 is 6.09 Å². The molecule has 1 amide bonds. The van der Waals surface area contributed by atoms with Crippen molar-refractivity contribution in [3.8, 4) is 0 Å². The van der Waals surface area contributed by atoms with Crippen LogP contribution in [-0.2, 0) is 11.3 Å². The number of thiazole rings is 1. The molecule has 1 saturated heterocycles. The lowest BCUT2D eigenvalue weighted by Crippen LogP contribution is -2.36. The third-order valence-corrected chi connectivity index (χ3v) is 6.33. The fraction of sp³-hybridized carbons (Fsp3) is 0.348. The SMILES string of the molecule is N=C(NC(=O)OCCC1CCCCN1)c1ccc(NCc2nc3ccccc3s2)cc1. The van der Waals surface area contributed by atoms with Gasteiger partial charge < -0.3 is 15.4 Å². The second-order valence-corrected chi connectivity index (χ2v) is 8.69. The number of hydrogen-bond acceptors (Lipinski definition) is 7. The van der Waals surface area contributed by atoms with Gasteiger partial charge in [0.1, 0.15) is 10.8 Å². The number of nitrogens with zero attached hydrogens (tertiary/aromatic N) is 1. The van der Waals surface area contributed by atoms with Crippen molar-refractivity contribution >= 4 is 39.2 Å². The number of fused-ring (bicyclic) bond motifs is 1. The van der Waals surface area contributed by atoms with Crippen LogP contribution in [0, 0.1) is 5.41 Å². The van der Waals surface area contributed by atoms with Gasteiger partial charge in [0.05, 0.1) is 23.4 Å². The summed E-state index contributed by atoms with van der Waals surface area (Å²) in [7, 11) is 0. The van der Waals surface area contributed by atoms with Crippen LogP contribution in [-0.4, -0.2) is 36.1 Å². The number of amidine groups is 1. The number of piperidine rings is 1. The van der Waals surface area contributed by atoms with Crippen LogP contribution in [0.2, 0.25) is 0 Å². The molecule has 0 bridgehead atoms. The summed E-state index contributed by atoms with van der Waals surface area (Å²) in [4.78, 5) is 16.6. The van der Waals surface area contributed by atoms with Gasteiger partial charge in [0.2, 0.25) is 0 Å². The summed E-state index contributed by atoms with van der Waals surface area (Å²) < 4.78 is 6.40. The lowest BCUT2D eigenvalue weighted by Gasteiger charge is -2.23. The number of anilines is 1. The molecule has 0 spiro atoms. The van der Waals surface area contributed by atoms with Crippen molar-refractivity contribution in [2.24, 2.45) is 0 Å². The smallest absolute Gasteiger partial charge is 0.412 e. The molecule has 1 atom stereocenters. The van der Waals surface area contributed by atoms with E-state index in [1.54, 1.807) is 23.5 Å². The molecule has 3 aromatic rings. The molecule has 2 heterocycles. The lowest BCUT2D eigenvalue weighted by molar-refractivity contribution is 0.144. The monoisotopic (exact) mass is 437 g/mol. The van der Waals surface area contributed by atoms with Crippen molar-refractivity contribution in [1.29, 1.82) is 5.41 Å². The topological polar surface area (TPSA) is 99.1 Å². The number of benzene rings is 2. The zero-order valence-electron chi connectivity index (χ0n) is 17.3. The predicted octanol–water partition coefficient (Wildman–Crippen LogP) is 4.49. The highest BCUT2D eigenvalue weighted by Gasteiger charge is 2.14. The van der Waals surface area contributed by atoms with Gasteiger partial charge in [-0.2, -0.15) is 0 Å². The number of carbonyl (C=O) groups excluding carboxylic acids is 1. The third kappa shape index (κ3) is 6.02. The number of aromatic nitrogens is 1. The first-order valence-electron chi connectivity index (χ1n) is 10.6. The van der Waals surface area contributed by atoms with Crippen LogP contribution in [0.25, 0.3) is 10.2 Å². The van der Waals surface area contributed by atoms with Gasteiger partial charge in [-0.25, -0.2) is 9.78 Å². The molecule has 7 nitrogen and oxygen atoms in total. The van der Waals surface area contributed by atoms with Crippen LogP contribution in [0.4, 0.5) is 10.5 Å². The van der Waals surface area contributed by atoms with E-state index in [2.05, 4.69) is 27.0 Å². The van der Waals surface area contributed by atoms with Crippen LogP contribution in [0.3, 0.4) is 0 Å². The molecular formula is C23H27N5O2S. The minimum atomic E-state index is -0.584. The maximum Gasteiger partial charge on any atom is 0.412 e. The second kappa shape index (κ2) is 10.4. The van der Waals surface area contributed by atoms with E-state index in [0.717, 1.165) is 35.6 Å². The number of nitrogens with one attached hydrogen (secondary N) is 4. The first-order valence-corrected chi connectivity index (χ1v) is 11.4. The summed E-state index contributed by atoms with van der Waals surface area (Å²) in [5.41, 5.74) is 2.57. The molecule has 0 radical (unpaired) electrons. The molecular weight excluding hydrogens is 410 g/mol. The highest BCUT2D eigenvalue weighted by Crippen LogP contribution is 2.22. The van der Waals surface area contributed by atoms with Crippen LogP contribution >= 0.6 is 11.3 Å². The number of hydrogen-bond donors (Lipinski definition) is 4. The Labute approximate surface area is 185 Å². The Kier molecular flexibility index (Phi) is 7.11. The van der Waals surface area contributed by atoms with Crippen LogP contribution < -0.4 is 16.0 Å². The second-order valence-electron chi connectivity index (χ2n) is 7.58. The van der Waals surface area contributed by atoms with Gasteiger partial charge in [-0.1, -0.05) is 18.6 Å². The van der Waals surface area contributed by atoms with E-state index in [4.69, 9.17) is 10.1 Å². The lowest BCUT2D eigenvalue weighted by atomic mass is 10.0. The normalized spacial score (nSPS) is 16.1. The van der Waals surface area contributed by atoms with Gasteiger partial charge in [0.15, 0.2) is 0 Å². The summed E-state index contributed by atoms with van der Waals surface area (Å²) in [6.45, 7) is 2.02. The van der Waals surface area contributed by atoms with Gasteiger partial charge in [-0.05, 0) is 62.2 Å². The van der Waals surface area contributed by atoms with E-state index in [1.807, 2.05) is 30.3 Å². The number of ether oxygens (including phenoxy) is 1. The minimum absolute atomic E-state index is 0.0264. The van der Waals surface area contributed by atoms with Crippen molar-refractivity contribution in [1.82, 2.24) is 15.6 Å². The molecule has 1 unspecified atom stereocenters. The Morgan fingerprint density at radius 2 is 2.03 bits per heavy atom. The number of alkyl carbamates (subject to hydrolysis) is 1. The highest BCUT2D eigenvalue weighted by molar-refractivity contribution is 7.18. The summed E-state index contributed by atoms with van der Waals surface area (Å²) >= 11 is 1.67. The average Bonchev–Trinajstić information content (AvgIpc) is 3.22. The molecule has 0 aliphatic carbocycles. The third-order valence-electron chi connectivity index (χ3n) is 5.29. The quantitative estimate of drug-likeness (QED) is 0.322. The van der Waals surface area contributed by atoms with E-state index in [1.165, 1.54) is 17.5 Å². The van der Waals surface area contributed by atoms with E-state index in [9.17, 15) is 4.79 Å². The molecule has 4 N–H and O–H groups in total. The molecule has 2 aromatic carbocycles. The highest BCUT2D eigenvalue weighted by atomic mass is 32.1. The van der Waals surface area contributed by atoms with Crippen LogP contribution in [0.15, 0.2) is 48.5 Å². The van der Waals surface area contributed by atoms with E-state index in [0.29, 0.717) is 24.8 Å². The average molecular weight is 438 g/mol. The summed E-state index contributed by atoms with van der Waals surface area (Å²) in [6.07, 6.45) is 3.78. The Hall–Kier alpha value is -2.97.